The van der Waals surface area contributed by atoms with E-state index >= 15 is 0 Å². The number of methoxy groups -OCH3 is 1. The van der Waals surface area contributed by atoms with Crippen molar-refractivity contribution < 1.29 is 20.1 Å². The van der Waals surface area contributed by atoms with Crippen LogP contribution >= 0.6 is 0 Å². The van der Waals surface area contributed by atoms with Crippen LogP contribution in [0, 0.1) is 0 Å². The van der Waals surface area contributed by atoms with Crippen molar-refractivity contribution in [1.82, 2.24) is 0 Å². The molecular formula is C4H10O4. The van der Waals surface area contributed by atoms with E-state index in [9.17, 15) is 0 Å². The Bertz CT molecular complexity index is 68.4. The first-order valence-electron chi connectivity index (χ1n) is 2.18. The van der Waals surface area contributed by atoms with Gasteiger partial charge in [0.15, 0.2) is 0 Å². The van der Waals surface area contributed by atoms with Gasteiger partial charge in [-0.05, 0) is 6.92 Å². The van der Waals surface area contributed by atoms with E-state index in [0.717, 1.165) is 7.11 Å². The molecule has 0 saturated heterocycles. The number of aliphatic hydroxyl groups excluding tert-OH is 1. The molecule has 0 aromatic carbocycles. The highest BCUT2D eigenvalue weighted by atomic mass is 16.8. The van der Waals surface area contributed by atoms with Crippen molar-refractivity contribution in [3.63, 3.8) is 0 Å². The van der Waals surface area contributed by atoms with E-state index in [4.69, 9.17) is 15.3 Å². The summed E-state index contributed by atoms with van der Waals surface area (Å²) in [5.74, 6) is -2.40. The van der Waals surface area contributed by atoms with Gasteiger partial charge in [0, 0.05) is 7.11 Å². The van der Waals surface area contributed by atoms with Crippen LogP contribution in [-0.4, -0.2) is 34.5 Å². The summed E-state index contributed by atoms with van der Waals surface area (Å²) in [6, 6.07) is 0. The number of hydrogen-bond acceptors (Lipinski definition) is 4. The molecule has 0 saturated carbocycles. The molecule has 0 spiro atoms. The van der Waals surface area contributed by atoms with E-state index in [2.05, 4.69) is 4.74 Å². The highest BCUT2D eigenvalue weighted by Crippen LogP contribution is 2.04. The minimum Gasteiger partial charge on any atom is -0.385 e. The van der Waals surface area contributed by atoms with Crippen LogP contribution in [0.15, 0.2) is 0 Å². The monoisotopic (exact) mass is 122 g/mol. The van der Waals surface area contributed by atoms with E-state index in [0.29, 0.717) is 0 Å². The fourth-order valence-corrected chi connectivity index (χ4v) is 0.171. The zero-order valence-corrected chi connectivity index (χ0v) is 4.83. The van der Waals surface area contributed by atoms with Crippen LogP contribution < -0.4 is 0 Å². The summed E-state index contributed by atoms with van der Waals surface area (Å²) >= 11 is 0. The summed E-state index contributed by atoms with van der Waals surface area (Å²) < 4.78 is 4.06. The maximum Gasteiger partial charge on any atom is 0.304 e. The topological polar surface area (TPSA) is 69.9 Å². The molecule has 3 N–H and O–H groups in total. The lowest BCUT2D eigenvalue weighted by molar-refractivity contribution is -0.363. The Kier molecular flexibility index (Phi) is 2.36. The molecule has 1 unspecified atom stereocenters. The van der Waals surface area contributed by atoms with Crippen molar-refractivity contribution >= 4 is 0 Å². The number of ether oxygens (including phenoxy) is 1. The van der Waals surface area contributed by atoms with Crippen LogP contribution in [-0.2, 0) is 4.74 Å². The normalized spacial score (nSPS) is 16.1. The second-order valence-electron chi connectivity index (χ2n) is 1.54. The van der Waals surface area contributed by atoms with Crippen LogP contribution in [0.3, 0.4) is 0 Å². The zero-order valence-electron chi connectivity index (χ0n) is 4.83. The Labute approximate surface area is 47.3 Å². The Morgan fingerprint density at radius 3 is 1.88 bits per heavy atom. The zero-order chi connectivity index (χ0) is 6.78. The molecule has 0 aliphatic heterocycles. The van der Waals surface area contributed by atoms with Crippen LogP contribution in [0.5, 0.6) is 0 Å². The Hall–Kier alpha value is -0.160. The van der Waals surface area contributed by atoms with Gasteiger partial charge < -0.3 is 20.1 Å². The second kappa shape index (κ2) is 2.41. The van der Waals surface area contributed by atoms with Gasteiger partial charge in [-0.3, -0.25) is 0 Å². The van der Waals surface area contributed by atoms with Gasteiger partial charge in [-0.1, -0.05) is 0 Å². The van der Waals surface area contributed by atoms with E-state index in [-0.39, 0.29) is 0 Å². The molecule has 50 valence electrons. The van der Waals surface area contributed by atoms with E-state index in [1.165, 1.54) is 6.92 Å². The summed E-state index contributed by atoms with van der Waals surface area (Å²) in [6.07, 6.45) is -1.30. The molecule has 4 nitrogen and oxygen atoms in total. The molecule has 0 bridgehead atoms. The molecule has 0 aliphatic rings. The average Bonchev–Trinajstić information content (AvgIpc) is 1.67. The van der Waals surface area contributed by atoms with E-state index < -0.39 is 12.1 Å². The van der Waals surface area contributed by atoms with Crippen LogP contribution in [0.4, 0.5) is 0 Å². The third kappa shape index (κ3) is 1.75. The van der Waals surface area contributed by atoms with Gasteiger partial charge in [-0.15, -0.1) is 0 Å². The predicted octanol–water partition coefficient (Wildman–Crippen LogP) is -1.35. The highest BCUT2D eigenvalue weighted by Gasteiger charge is 2.28. The van der Waals surface area contributed by atoms with Gasteiger partial charge >= 0.3 is 5.97 Å². The molecule has 8 heavy (non-hydrogen) atoms. The molecular weight excluding hydrogens is 112 g/mol. The number of rotatable bonds is 2. The third-order valence-corrected chi connectivity index (χ3v) is 0.845. The largest absolute Gasteiger partial charge is 0.385 e. The molecule has 0 radical (unpaired) electrons. The molecule has 0 rings (SSSR count). The molecule has 1 atom stereocenters. The smallest absolute Gasteiger partial charge is 0.304 e. The van der Waals surface area contributed by atoms with Crippen molar-refractivity contribution in [3.05, 3.63) is 0 Å². The first-order chi connectivity index (χ1) is 3.50. The summed E-state index contributed by atoms with van der Waals surface area (Å²) in [6.45, 7) is 1.21. The lowest BCUT2D eigenvalue weighted by Gasteiger charge is -2.21. The summed E-state index contributed by atoms with van der Waals surface area (Å²) in [5, 5.41) is 25.4. The maximum absolute atomic E-state index is 8.48. The van der Waals surface area contributed by atoms with Crippen molar-refractivity contribution in [2.75, 3.05) is 7.11 Å². The average molecular weight is 122 g/mol. The van der Waals surface area contributed by atoms with Gasteiger partial charge in [0.05, 0.1) is 0 Å². The van der Waals surface area contributed by atoms with Gasteiger partial charge in [0.1, 0.15) is 6.10 Å². The molecule has 0 amide bonds. The fraction of sp³-hybridized carbons (Fsp3) is 1.00. The lowest BCUT2D eigenvalue weighted by Crippen LogP contribution is -2.41. The summed E-state index contributed by atoms with van der Waals surface area (Å²) in [4.78, 5) is 0. The summed E-state index contributed by atoms with van der Waals surface area (Å²) in [7, 11) is 1.09. The van der Waals surface area contributed by atoms with Crippen LogP contribution in [0.1, 0.15) is 6.92 Å². The Morgan fingerprint density at radius 2 is 1.88 bits per heavy atom. The quantitative estimate of drug-likeness (QED) is 0.396. The van der Waals surface area contributed by atoms with Crippen LogP contribution in [0.25, 0.3) is 0 Å². The SMILES string of the molecule is COC(O)(O)C(C)O. The number of aliphatic hydroxyl groups is 3. The van der Waals surface area contributed by atoms with Gasteiger partial charge in [-0.2, -0.15) is 0 Å². The highest BCUT2D eigenvalue weighted by molar-refractivity contribution is 4.55. The molecule has 0 heterocycles. The Morgan fingerprint density at radius 1 is 1.50 bits per heavy atom. The van der Waals surface area contributed by atoms with Gasteiger partial charge in [0.25, 0.3) is 0 Å². The van der Waals surface area contributed by atoms with Crippen molar-refractivity contribution in [2.45, 2.75) is 19.0 Å². The number of hydrogen-bond donors (Lipinski definition) is 3. The van der Waals surface area contributed by atoms with E-state index in [1.807, 2.05) is 0 Å². The summed E-state index contributed by atoms with van der Waals surface area (Å²) in [5.41, 5.74) is 0. The molecule has 0 aliphatic carbocycles. The van der Waals surface area contributed by atoms with Crippen molar-refractivity contribution in [3.8, 4) is 0 Å². The molecule has 0 aromatic rings. The molecule has 4 heteroatoms. The first kappa shape index (κ1) is 7.84. The van der Waals surface area contributed by atoms with Gasteiger partial charge in [-0.25, -0.2) is 0 Å². The lowest BCUT2D eigenvalue weighted by atomic mass is 10.3. The molecule has 0 aromatic heterocycles. The third-order valence-electron chi connectivity index (χ3n) is 0.845. The van der Waals surface area contributed by atoms with Crippen molar-refractivity contribution in [1.29, 1.82) is 0 Å². The van der Waals surface area contributed by atoms with Crippen LogP contribution in [0.2, 0.25) is 0 Å². The van der Waals surface area contributed by atoms with E-state index in [1.54, 1.807) is 0 Å². The second-order valence-corrected chi connectivity index (χ2v) is 1.54. The minimum atomic E-state index is -2.40. The standard InChI is InChI=1S/C4H10O4/c1-3(5)4(6,7)8-2/h3,5-7H,1-2H3. The Balaban J connectivity index is 3.71. The minimum absolute atomic E-state index is 1.09. The molecule has 0 fully saturated rings. The maximum atomic E-state index is 8.48. The fourth-order valence-electron chi connectivity index (χ4n) is 0.171. The van der Waals surface area contributed by atoms with Gasteiger partial charge in [0.2, 0.25) is 0 Å². The van der Waals surface area contributed by atoms with Crippen molar-refractivity contribution in [2.24, 2.45) is 0 Å². The predicted molar refractivity (Wildman–Crippen MR) is 25.9 cm³/mol. The first-order valence-corrected chi connectivity index (χ1v) is 2.18.